The number of aromatic nitrogens is 1. The molecule has 0 N–H and O–H groups in total. The van der Waals surface area contributed by atoms with Crippen LogP contribution in [0.1, 0.15) is 41.0 Å². The highest BCUT2D eigenvalue weighted by molar-refractivity contribution is 5.87. The van der Waals surface area contributed by atoms with Crippen LogP contribution >= 0.6 is 0 Å². The van der Waals surface area contributed by atoms with Gasteiger partial charge in [0.2, 0.25) is 0 Å². The summed E-state index contributed by atoms with van der Waals surface area (Å²) in [5.41, 5.74) is 1.30. The van der Waals surface area contributed by atoms with Gasteiger partial charge in [-0.05, 0) is 44.2 Å². The van der Waals surface area contributed by atoms with E-state index >= 15 is 0 Å². The fraction of sp³-hybridized carbons (Fsp3) is 0.400. The Hall–Kier alpha value is -2.15. The van der Waals surface area contributed by atoms with Crippen LogP contribution in [0.25, 0.3) is 0 Å². The number of hydrogen-bond donors (Lipinski definition) is 0. The normalized spacial score (nSPS) is 17.8. The molecule has 0 amide bonds. The van der Waals surface area contributed by atoms with E-state index in [9.17, 15) is 4.79 Å². The molecule has 1 aliphatic rings. The van der Waals surface area contributed by atoms with E-state index in [0.29, 0.717) is 23.8 Å². The predicted molar refractivity (Wildman–Crippen MR) is 70.5 cm³/mol. The molecule has 0 radical (unpaired) electrons. The van der Waals surface area contributed by atoms with E-state index in [0.717, 1.165) is 19.3 Å². The van der Waals surface area contributed by atoms with Crippen LogP contribution in [0.4, 0.5) is 0 Å². The van der Waals surface area contributed by atoms with Crippen molar-refractivity contribution in [2.45, 2.75) is 26.2 Å². The lowest BCUT2D eigenvalue weighted by Gasteiger charge is -2.17. The quantitative estimate of drug-likeness (QED) is 0.616. The van der Waals surface area contributed by atoms with Gasteiger partial charge >= 0.3 is 5.97 Å². The molecule has 0 saturated heterocycles. The van der Waals surface area contributed by atoms with Gasteiger partial charge in [-0.3, -0.25) is 0 Å². The van der Waals surface area contributed by atoms with Gasteiger partial charge in [0, 0.05) is 0 Å². The van der Waals surface area contributed by atoms with Gasteiger partial charge in [-0.15, -0.1) is 0 Å². The summed E-state index contributed by atoms with van der Waals surface area (Å²) < 4.78 is 5.28. The van der Waals surface area contributed by atoms with Crippen molar-refractivity contribution in [2.75, 3.05) is 6.61 Å². The predicted octanol–water partition coefficient (Wildman–Crippen LogP) is 2.77. The Balaban J connectivity index is 1.94. The molecule has 0 aliphatic heterocycles. The highest BCUT2D eigenvalue weighted by atomic mass is 16.5. The van der Waals surface area contributed by atoms with Crippen LogP contribution in [-0.4, -0.2) is 17.6 Å². The van der Waals surface area contributed by atoms with Crippen molar-refractivity contribution in [2.24, 2.45) is 5.92 Å². The minimum atomic E-state index is -0.415. The molecule has 4 nitrogen and oxygen atoms in total. The lowest BCUT2D eigenvalue weighted by atomic mass is 9.95. The number of hydrogen-bond acceptors (Lipinski definition) is 4. The maximum atomic E-state index is 11.9. The van der Waals surface area contributed by atoms with Crippen LogP contribution in [0.5, 0.6) is 0 Å². The van der Waals surface area contributed by atoms with E-state index in [-0.39, 0.29) is 5.69 Å². The second-order valence-corrected chi connectivity index (χ2v) is 4.69. The van der Waals surface area contributed by atoms with E-state index < -0.39 is 5.97 Å². The first-order valence-electron chi connectivity index (χ1n) is 6.40. The highest BCUT2D eigenvalue weighted by Gasteiger charge is 2.15. The SMILES string of the molecule is Cc1nc(C(=O)OCC2CC=CCC2)ccc1C#N. The zero-order valence-corrected chi connectivity index (χ0v) is 10.9. The van der Waals surface area contributed by atoms with E-state index in [2.05, 4.69) is 17.1 Å². The fourth-order valence-corrected chi connectivity index (χ4v) is 2.07. The molecule has 0 bridgehead atoms. The second-order valence-electron chi connectivity index (χ2n) is 4.69. The zero-order valence-electron chi connectivity index (χ0n) is 10.9. The number of nitrogens with zero attached hydrogens (tertiary/aromatic N) is 2. The summed E-state index contributed by atoms with van der Waals surface area (Å²) in [5.74, 6) is -0.00410. The van der Waals surface area contributed by atoms with E-state index in [1.54, 1.807) is 13.0 Å². The minimum absolute atomic E-state index is 0.267. The third-order valence-electron chi connectivity index (χ3n) is 3.24. The summed E-state index contributed by atoms with van der Waals surface area (Å²) in [6.07, 6.45) is 7.36. The number of allylic oxidation sites excluding steroid dienone is 2. The molecular weight excluding hydrogens is 240 g/mol. The van der Waals surface area contributed by atoms with Gasteiger partial charge in [0.05, 0.1) is 17.9 Å². The lowest BCUT2D eigenvalue weighted by Crippen LogP contribution is -2.16. The Kier molecular flexibility index (Phi) is 4.30. The van der Waals surface area contributed by atoms with Crippen molar-refractivity contribution in [3.8, 4) is 6.07 Å². The molecule has 19 heavy (non-hydrogen) atoms. The molecule has 1 heterocycles. The number of esters is 1. The molecule has 1 atom stereocenters. The Morgan fingerprint density at radius 1 is 1.53 bits per heavy atom. The summed E-state index contributed by atoms with van der Waals surface area (Å²) in [6.45, 7) is 2.14. The van der Waals surface area contributed by atoms with Crippen LogP contribution in [-0.2, 0) is 4.74 Å². The first-order valence-corrected chi connectivity index (χ1v) is 6.40. The molecular formula is C15H16N2O2. The smallest absolute Gasteiger partial charge is 0.356 e. The fourth-order valence-electron chi connectivity index (χ4n) is 2.07. The molecule has 1 unspecified atom stereocenters. The van der Waals surface area contributed by atoms with E-state index in [4.69, 9.17) is 10.00 Å². The monoisotopic (exact) mass is 256 g/mol. The third kappa shape index (κ3) is 3.41. The van der Waals surface area contributed by atoms with Crippen LogP contribution < -0.4 is 0 Å². The Labute approximate surface area is 112 Å². The number of carbonyl (C=O) groups is 1. The molecule has 1 aromatic heterocycles. The number of rotatable bonds is 3. The zero-order chi connectivity index (χ0) is 13.7. The van der Waals surface area contributed by atoms with Gasteiger partial charge in [-0.1, -0.05) is 12.2 Å². The van der Waals surface area contributed by atoms with Crippen molar-refractivity contribution in [1.29, 1.82) is 5.26 Å². The van der Waals surface area contributed by atoms with Crippen molar-refractivity contribution in [3.05, 3.63) is 41.2 Å². The standard InChI is InChI=1S/C15H16N2O2/c1-11-13(9-16)7-8-14(17-11)15(18)19-10-12-5-3-2-4-6-12/h2-3,7-8,12H,4-6,10H2,1H3. The van der Waals surface area contributed by atoms with Gasteiger partial charge in [-0.25, -0.2) is 9.78 Å². The average Bonchev–Trinajstić information content (AvgIpc) is 2.45. The molecule has 2 rings (SSSR count). The lowest BCUT2D eigenvalue weighted by molar-refractivity contribution is 0.0425. The van der Waals surface area contributed by atoms with Gasteiger partial charge in [0.25, 0.3) is 0 Å². The third-order valence-corrected chi connectivity index (χ3v) is 3.24. The second kappa shape index (κ2) is 6.14. The van der Waals surface area contributed by atoms with Gasteiger partial charge < -0.3 is 4.74 Å². The maximum absolute atomic E-state index is 11.9. The minimum Gasteiger partial charge on any atom is -0.461 e. The molecule has 4 heteroatoms. The van der Waals surface area contributed by atoms with Crippen molar-refractivity contribution in [1.82, 2.24) is 4.98 Å². The summed E-state index contributed by atoms with van der Waals surface area (Å²) >= 11 is 0. The Bertz CT molecular complexity index is 544. The van der Waals surface area contributed by atoms with Crippen molar-refractivity contribution < 1.29 is 9.53 Å². The number of aryl methyl sites for hydroxylation is 1. The van der Waals surface area contributed by atoms with Crippen LogP contribution in [0, 0.1) is 24.2 Å². The van der Waals surface area contributed by atoms with Crippen molar-refractivity contribution >= 4 is 5.97 Å². The van der Waals surface area contributed by atoms with Crippen LogP contribution in [0.15, 0.2) is 24.3 Å². The molecule has 0 aromatic carbocycles. The molecule has 1 aliphatic carbocycles. The molecule has 0 fully saturated rings. The molecule has 98 valence electrons. The topological polar surface area (TPSA) is 63.0 Å². The van der Waals surface area contributed by atoms with Gasteiger partial charge in [0.1, 0.15) is 11.8 Å². The summed E-state index contributed by atoms with van der Waals surface area (Å²) in [4.78, 5) is 16.0. The first kappa shape index (κ1) is 13.3. The van der Waals surface area contributed by atoms with E-state index in [1.165, 1.54) is 6.07 Å². The van der Waals surface area contributed by atoms with Gasteiger partial charge in [0.15, 0.2) is 0 Å². The summed E-state index contributed by atoms with van der Waals surface area (Å²) in [6, 6.07) is 5.16. The summed E-state index contributed by atoms with van der Waals surface area (Å²) in [5, 5.41) is 8.81. The number of ether oxygens (including phenoxy) is 1. The molecule has 1 aromatic rings. The Morgan fingerprint density at radius 3 is 3.00 bits per heavy atom. The maximum Gasteiger partial charge on any atom is 0.356 e. The van der Waals surface area contributed by atoms with Crippen molar-refractivity contribution in [3.63, 3.8) is 0 Å². The largest absolute Gasteiger partial charge is 0.461 e. The molecule has 0 saturated carbocycles. The highest BCUT2D eigenvalue weighted by Crippen LogP contribution is 2.18. The average molecular weight is 256 g/mol. The van der Waals surface area contributed by atoms with Gasteiger partial charge in [-0.2, -0.15) is 5.26 Å². The summed E-state index contributed by atoms with van der Waals surface area (Å²) in [7, 11) is 0. The molecule has 0 spiro atoms. The number of pyridine rings is 1. The first-order chi connectivity index (χ1) is 9.20. The van der Waals surface area contributed by atoms with E-state index in [1.807, 2.05) is 6.07 Å². The van der Waals surface area contributed by atoms with Crippen LogP contribution in [0.2, 0.25) is 0 Å². The Morgan fingerprint density at radius 2 is 2.37 bits per heavy atom. The number of nitriles is 1. The van der Waals surface area contributed by atoms with Crippen LogP contribution in [0.3, 0.4) is 0 Å². The number of carbonyl (C=O) groups excluding carboxylic acids is 1.